The molecule has 7 heteroatoms. The third-order valence-corrected chi connectivity index (χ3v) is 3.16. The van der Waals surface area contributed by atoms with Crippen molar-refractivity contribution in [2.24, 2.45) is 0 Å². The molecule has 1 N–H and O–H groups in total. The highest BCUT2D eigenvalue weighted by Gasteiger charge is 2.24. The number of carbonyl (C=O) groups is 2. The van der Waals surface area contributed by atoms with Crippen molar-refractivity contribution in [1.29, 1.82) is 0 Å². The molecule has 0 aliphatic carbocycles. The lowest BCUT2D eigenvalue weighted by molar-refractivity contribution is -0.142. The summed E-state index contributed by atoms with van der Waals surface area (Å²) in [5.74, 6) is -0.613. The number of hydrogen-bond acceptors (Lipinski definition) is 6. The molecule has 0 spiro atoms. The van der Waals surface area contributed by atoms with Gasteiger partial charge in [-0.15, -0.1) is 0 Å². The van der Waals surface area contributed by atoms with Crippen LogP contribution in [-0.4, -0.2) is 42.1 Å². The predicted molar refractivity (Wildman–Crippen MR) is 82.0 cm³/mol. The quantitative estimate of drug-likeness (QED) is 0.800. The standard InChI is InChI=1S/C16H17N3O4/c1-22-15-11(6-5-9-18-15)10-13(16(21)23-2)19-14(20)12-7-3-4-8-17-12/h3-9,13H,10H2,1-2H3,(H,19,20)/t13-/m0/s1. The van der Waals surface area contributed by atoms with Gasteiger partial charge in [0.25, 0.3) is 5.91 Å². The van der Waals surface area contributed by atoms with Gasteiger partial charge in [0.05, 0.1) is 14.2 Å². The third kappa shape index (κ3) is 4.26. The van der Waals surface area contributed by atoms with Crippen LogP contribution in [0.5, 0.6) is 5.88 Å². The van der Waals surface area contributed by atoms with Crippen LogP contribution in [0.25, 0.3) is 0 Å². The smallest absolute Gasteiger partial charge is 0.328 e. The number of methoxy groups -OCH3 is 2. The summed E-state index contributed by atoms with van der Waals surface area (Å²) in [5, 5.41) is 2.62. The van der Waals surface area contributed by atoms with E-state index in [2.05, 4.69) is 15.3 Å². The minimum atomic E-state index is -0.868. The summed E-state index contributed by atoms with van der Waals surface area (Å²) < 4.78 is 9.92. The van der Waals surface area contributed by atoms with E-state index in [1.807, 2.05) is 0 Å². The minimum Gasteiger partial charge on any atom is -0.481 e. The lowest BCUT2D eigenvalue weighted by atomic mass is 10.1. The molecule has 1 amide bonds. The highest BCUT2D eigenvalue weighted by atomic mass is 16.5. The highest BCUT2D eigenvalue weighted by molar-refractivity contribution is 5.95. The Kier molecular flexibility index (Phi) is 5.62. The molecule has 0 aliphatic rings. The molecular weight excluding hydrogens is 298 g/mol. The van der Waals surface area contributed by atoms with Gasteiger partial charge in [-0.1, -0.05) is 12.1 Å². The first kappa shape index (κ1) is 16.4. The van der Waals surface area contributed by atoms with Gasteiger partial charge in [0, 0.05) is 24.4 Å². The van der Waals surface area contributed by atoms with Crippen LogP contribution >= 0.6 is 0 Å². The maximum absolute atomic E-state index is 12.2. The van der Waals surface area contributed by atoms with E-state index < -0.39 is 17.9 Å². The Balaban J connectivity index is 2.17. The van der Waals surface area contributed by atoms with E-state index in [0.717, 1.165) is 0 Å². The van der Waals surface area contributed by atoms with Crippen LogP contribution in [0.15, 0.2) is 42.7 Å². The van der Waals surface area contributed by atoms with Gasteiger partial charge in [-0.2, -0.15) is 0 Å². The van der Waals surface area contributed by atoms with E-state index in [9.17, 15) is 9.59 Å². The molecule has 0 fully saturated rings. The fourth-order valence-corrected chi connectivity index (χ4v) is 2.05. The van der Waals surface area contributed by atoms with Crippen LogP contribution in [0, 0.1) is 0 Å². The van der Waals surface area contributed by atoms with Gasteiger partial charge in [-0.3, -0.25) is 9.78 Å². The summed E-state index contributed by atoms with van der Waals surface area (Å²) in [6.45, 7) is 0. The van der Waals surface area contributed by atoms with Gasteiger partial charge < -0.3 is 14.8 Å². The molecule has 2 aromatic rings. The topological polar surface area (TPSA) is 90.4 Å². The third-order valence-electron chi connectivity index (χ3n) is 3.16. The average molecular weight is 315 g/mol. The summed E-state index contributed by atoms with van der Waals surface area (Å²) in [6.07, 6.45) is 3.29. The van der Waals surface area contributed by atoms with E-state index in [0.29, 0.717) is 11.4 Å². The van der Waals surface area contributed by atoms with Crippen LogP contribution in [-0.2, 0) is 16.0 Å². The van der Waals surface area contributed by atoms with Crippen LogP contribution in [0.3, 0.4) is 0 Å². The Bertz CT molecular complexity index is 676. The number of esters is 1. The van der Waals surface area contributed by atoms with E-state index in [-0.39, 0.29) is 12.1 Å². The molecule has 7 nitrogen and oxygen atoms in total. The van der Waals surface area contributed by atoms with E-state index in [4.69, 9.17) is 9.47 Å². The van der Waals surface area contributed by atoms with Gasteiger partial charge in [0.15, 0.2) is 0 Å². The zero-order valence-corrected chi connectivity index (χ0v) is 12.9. The van der Waals surface area contributed by atoms with Crippen LogP contribution in [0.1, 0.15) is 16.1 Å². The summed E-state index contributed by atoms with van der Waals surface area (Å²) >= 11 is 0. The highest BCUT2D eigenvalue weighted by Crippen LogP contribution is 2.16. The van der Waals surface area contributed by atoms with Crippen LogP contribution in [0.4, 0.5) is 0 Å². The lowest BCUT2D eigenvalue weighted by Crippen LogP contribution is -2.43. The van der Waals surface area contributed by atoms with Crippen LogP contribution < -0.4 is 10.1 Å². The van der Waals surface area contributed by atoms with Crippen LogP contribution in [0.2, 0.25) is 0 Å². The first-order valence-electron chi connectivity index (χ1n) is 6.93. The van der Waals surface area contributed by atoms with E-state index in [1.165, 1.54) is 20.4 Å². The molecule has 2 rings (SSSR count). The molecule has 0 aromatic carbocycles. The summed E-state index contributed by atoms with van der Waals surface area (Å²) in [4.78, 5) is 32.2. The number of carbonyl (C=O) groups excluding carboxylic acids is 2. The normalized spacial score (nSPS) is 11.4. The summed E-state index contributed by atoms with van der Waals surface area (Å²) in [5.41, 5.74) is 0.909. The van der Waals surface area contributed by atoms with Crippen molar-refractivity contribution in [2.45, 2.75) is 12.5 Å². The van der Waals surface area contributed by atoms with Gasteiger partial charge in [-0.25, -0.2) is 9.78 Å². The van der Waals surface area contributed by atoms with Gasteiger partial charge in [-0.05, 0) is 18.2 Å². The van der Waals surface area contributed by atoms with Crippen molar-refractivity contribution >= 4 is 11.9 Å². The zero-order chi connectivity index (χ0) is 16.7. The Morgan fingerprint density at radius 2 is 1.91 bits per heavy atom. The van der Waals surface area contributed by atoms with Crippen molar-refractivity contribution in [1.82, 2.24) is 15.3 Å². The molecule has 2 heterocycles. The van der Waals surface area contributed by atoms with Crippen molar-refractivity contribution in [2.75, 3.05) is 14.2 Å². The molecule has 23 heavy (non-hydrogen) atoms. The molecule has 0 aliphatic heterocycles. The molecule has 0 saturated carbocycles. The largest absolute Gasteiger partial charge is 0.481 e. The molecule has 0 radical (unpaired) electrons. The molecule has 0 saturated heterocycles. The minimum absolute atomic E-state index is 0.197. The first-order chi connectivity index (χ1) is 11.2. The van der Waals surface area contributed by atoms with Crippen molar-refractivity contribution < 1.29 is 19.1 Å². The average Bonchev–Trinajstić information content (AvgIpc) is 2.61. The second-order valence-corrected chi connectivity index (χ2v) is 4.64. The molecule has 1 atom stereocenters. The molecule has 0 unspecified atom stereocenters. The number of hydrogen-bond donors (Lipinski definition) is 1. The lowest BCUT2D eigenvalue weighted by Gasteiger charge is -2.17. The van der Waals surface area contributed by atoms with Gasteiger partial charge in [0.2, 0.25) is 5.88 Å². The first-order valence-corrected chi connectivity index (χ1v) is 6.93. The number of pyridine rings is 2. The Labute approximate surface area is 133 Å². The number of nitrogens with zero attached hydrogens (tertiary/aromatic N) is 2. The molecule has 2 aromatic heterocycles. The van der Waals surface area contributed by atoms with E-state index in [1.54, 1.807) is 36.5 Å². The number of rotatable bonds is 6. The maximum atomic E-state index is 12.2. The van der Waals surface area contributed by atoms with E-state index >= 15 is 0 Å². The number of ether oxygens (including phenoxy) is 2. The Morgan fingerprint density at radius 3 is 2.57 bits per heavy atom. The van der Waals surface area contributed by atoms with Gasteiger partial charge in [0.1, 0.15) is 11.7 Å². The number of nitrogens with one attached hydrogen (secondary N) is 1. The van der Waals surface area contributed by atoms with Crippen molar-refractivity contribution in [3.8, 4) is 5.88 Å². The fourth-order valence-electron chi connectivity index (χ4n) is 2.05. The summed E-state index contributed by atoms with van der Waals surface area (Å²) in [6, 6.07) is 7.59. The molecule has 0 bridgehead atoms. The zero-order valence-electron chi connectivity index (χ0n) is 12.9. The Hall–Kier alpha value is -2.96. The fraction of sp³-hybridized carbons (Fsp3) is 0.250. The second kappa shape index (κ2) is 7.88. The van der Waals surface area contributed by atoms with Crippen molar-refractivity contribution in [3.05, 3.63) is 54.0 Å². The SMILES string of the molecule is COC(=O)[C@H](Cc1cccnc1OC)NC(=O)c1ccccn1. The number of aromatic nitrogens is 2. The molecular formula is C16H17N3O4. The summed E-state index contributed by atoms with van der Waals surface area (Å²) in [7, 11) is 2.76. The monoisotopic (exact) mass is 315 g/mol. The number of amides is 1. The molecule has 120 valence electrons. The Morgan fingerprint density at radius 1 is 1.13 bits per heavy atom. The predicted octanol–water partition coefficient (Wildman–Crippen LogP) is 0.999. The second-order valence-electron chi connectivity index (χ2n) is 4.64. The maximum Gasteiger partial charge on any atom is 0.328 e. The van der Waals surface area contributed by atoms with Gasteiger partial charge >= 0.3 is 5.97 Å². The van der Waals surface area contributed by atoms with Crippen molar-refractivity contribution in [3.63, 3.8) is 0 Å².